The van der Waals surface area contributed by atoms with Crippen LogP contribution in [0.1, 0.15) is 28.8 Å². The van der Waals surface area contributed by atoms with Crippen molar-refractivity contribution >= 4 is 21.7 Å². The van der Waals surface area contributed by atoms with Crippen molar-refractivity contribution < 1.29 is 9.18 Å². The molecule has 0 aromatic heterocycles. The molecule has 0 spiro atoms. The van der Waals surface area contributed by atoms with Crippen LogP contribution in [0.4, 0.5) is 4.39 Å². The van der Waals surface area contributed by atoms with E-state index < -0.39 is 0 Å². The van der Waals surface area contributed by atoms with Crippen LogP contribution >= 0.6 is 15.9 Å². The summed E-state index contributed by atoms with van der Waals surface area (Å²) in [5, 5.41) is 0. The molecule has 0 bridgehead atoms. The minimum Gasteiger partial charge on any atom is -0.294 e. The maximum atomic E-state index is 13.1. The maximum Gasteiger partial charge on any atom is 0.162 e. The number of carbonyl (C=O) groups excluding carboxylic acids is 1. The van der Waals surface area contributed by atoms with Crippen molar-refractivity contribution in [3.8, 4) is 0 Å². The Kier molecular flexibility index (Phi) is 4.86. The number of hydrogen-bond acceptors (Lipinski definition) is 1. The molecule has 0 heterocycles. The molecule has 2 aromatic carbocycles. The molecular formula is C16H14BrFO. The molecule has 98 valence electrons. The molecule has 0 saturated carbocycles. The zero-order chi connectivity index (χ0) is 13.7. The van der Waals surface area contributed by atoms with Gasteiger partial charge in [0.2, 0.25) is 0 Å². The van der Waals surface area contributed by atoms with E-state index in [0.717, 1.165) is 12.8 Å². The monoisotopic (exact) mass is 320 g/mol. The molecule has 0 aliphatic rings. The molecule has 3 heteroatoms. The SMILES string of the molecule is O=C(CCCc1ccccc1)c1ccc(F)c(Br)c1. The Morgan fingerprint density at radius 1 is 1.11 bits per heavy atom. The highest BCUT2D eigenvalue weighted by Crippen LogP contribution is 2.18. The van der Waals surface area contributed by atoms with E-state index in [0.29, 0.717) is 16.5 Å². The number of Topliss-reactive ketones (excluding diaryl/α,β-unsaturated/α-hetero) is 1. The molecule has 2 aromatic rings. The first-order valence-electron chi connectivity index (χ1n) is 6.19. The number of rotatable bonds is 5. The van der Waals surface area contributed by atoms with Crippen molar-refractivity contribution in [2.75, 3.05) is 0 Å². The summed E-state index contributed by atoms with van der Waals surface area (Å²) in [5.41, 5.74) is 1.79. The predicted octanol–water partition coefficient (Wildman–Crippen LogP) is 4.79. The Hall–Kier alpha value is -1.48. The molecule has 2 rings (SSSR count). The van der Waals surface area contributed by atoms with E-state index in [-0.39, 0.29) is 11.6 Å². The van der Waals surface area contributed by atoms with Gasteiger partial charge in [0.05, 0.1) is 4.47 Å². The fraction of sp³-hybridized carbons (Fsp3) is 0.188. The Bertz CT molecular complexity index is 566. The quantitative estimate of drug-likeness (QED) is 0.723. The summed E-state index contributed by atoms with van der Waals surface area (Å²) >= 11 is 3.09. The van der Waals surface area contributed by atoms with Crippen LogP contribution in [0.5, 0.6) is 0 Å². The van der Waals surface area contributed by atoms with Crippen LogP contribution in [-0.2, 0) is 6.42 Å². The summed E-state index contributed by atoms with van der Waals surface area (Å²) in [5.74, 6) is -0.294. The van der Waals surface area contributed by atoms with Crippen LogP contribution in [0.2, 0.25) is 0 Å². The van der Waals surface area contributed by atoms with E-state index in [4.69, 9.17) is 0 Å². The van der Waals surface area contributed by atoms with Gasteiger partial charge in [-0.1, -0.05) is 30.3 Å². The van der Waals surface area contributed by atoms with Gasteiger partial charge < -0.3 is 0 Å². The average Bonchev–Trinajstić information content (AvgIpc) is 2.43. The minimum absolute atomic E-state index is 0.0524. The third-order valence-corrected chi connectivity index (χ3v) is 3.56. The molecule has 0 aliphatic carbocycles. The molecule has 19 heavy (non-hydrogen) atoms. The van der Waals surface area contributed by atoms with E-state index in [1.807, 2.05) is 18.2 Å². The summed E-state index contributed by atoms with van der Waals surface area (Å²) in [6.45, 7) is 0. The second-order valence-corrected chi connectivity index (χ2v) is 5.25. The van der Waals surface area contributed by atoms with Crippen LogP contribution in [0.3, 0.4) is 0 Å². The van der Waals surface area contributed by atoms with Crippen molar-refractivity contribution in [1.29, 1.82) is 0 Å². The van der Waals surface area contributed by atoms with Crippen molar-refractivity contribution in [3.05, 3.63) is 69.9 Å². The third kappa shape index (κ3) is 4.00. The largest absolute Gasteiger partial charge is 0.294 e. The number of ketones is 1. The van der Waals surface area contributed by atoms with Crippen LogP contribution in [0.25, 0.3) is 0 Å². The number of hydrogen-bond donors (Lipinski definition) is 0. The first kappa shape index (κ1) is 13.9. The highest BCUT2D eigenvalue weighted by Gasteiger charge is 2.08. The third-order valence-electron chi connectivity index (χ3n) is 2.95. The maximum absolute atomic E-state index is 13.1. The molecule has 0 aliphatic heterocycles. The van der Waals surface area contributed by atoms with Gasteiger partial charge in [-0.15, -0.1) is 0 Å². The van der Waals surface area contributed by atoms with Gasteiger partial charge in [-0.05, 0) is 52.5 Å². The van der Waals surface area contributed by atoms with E-state index in [1.54, 1.807) is 6.07 Å². The van der Waals surface area contributed by atoms with Crippen molar-refractivity contribution in [3.63, 3.8) is 0 Å². The standard InChI is InChI=1S/C16H14BrFO/c17-14-11-13(9-10-15(14)18)16(19)8-4-7-12-5-2-1-3-6-12/h1-3,5-6,9-11H,4,7-8H2. The smallest absolute Gasteiger partial charge is 0.162 e. The zero-order valence-electron chi connectivity index (χ0n) is 10.4. The summed E-state index contributed by atoms with van der Waals surface area (Å²) < 4.78 is 13.4. The van der Waals surface area contributed by atoms with Crippen LogP contribution in [0, 0.1) is 5.82 Å². The van der Waals surface area contributed by atoms with E-state index in [9.17, 15) is 9.18 Å². The first-order valence-corrected chi connectivity index (χ1v) is 6.98. The van der Waals surface area contributed by atoms with E-state index in [2.05, 4.69) is 28.1 Å². The van der Waals surface area contributed by atoms with Gasteiger partial charge in [0, 0.05) is 12.0 Å². The molecule has 0 unspecified atom stereocenters. The second kappa shape index (κ2) is 6.62. The topological polar surface area (TPSA) is 17.1 Å². The van der Waals surface area contributed by atoms with Crippen LogP contribution < -0.4 is 0 Å². The van der Waals surface area contributed by atoms with Gasteiger partial charge >= 0.3 is 0 Å². The van der Waals surface area contributed by atoms with Crippen LogP contribution in [-0.4, -0.2) is 5.78 Å². The van der Waals surface area contributed by atoms with Gasteiger partial charge in [0.25, 0.3) is 0 Å². The van der Waals surface area contributed by atoms with Gasteiger partial charge in [0.15, 0.2) is 5.78 Å². The molecule has 0 fully saturated rings. The van der Waals surface area contributed by atoms with Gasteiger partial charge in [-0.3, -0.25) is 4.79 Å². The first-order chi connectivity index (χ1) is 9.16. The molecule has 0 radical (unpaired) electrons. The van der Waals surface area contributed by atoms with Gasteiger partial charge in [0.1, 0.15) is 5.82 Å². The Morgan fingerprint density at radius 2 is 1.84 bits per heavy atom. The summed E-state index contributed by atoms with van der Waals surface area (Å²) in [4.78, 5) is 12.0. The number of aryl methyl sites for hydroxylation is 1. The van der Waals surface area contributed by atoms with Crippen molar-refractivity contribution in [1.82, 2.24) is 0 Å². The molecule has 0 N–H and O–H groups in total. The zero-order valence-corrected chi connectivity index (χ0v) is 12.0. The fourth-order valence-electron chi connectivity index (χ4n) is 1.91. The Morgan fingerprint density at radius 3 is 2.53 bits per heavy atom. The second-order valence-electron chi connectivity index (χ2n) is 4.39. The number of benzene rings is 2. The lowest BCUT2D eigenvalue weighted by atomic mass is 10.0. The minimum atomic E-state index is -0.346. The lowest BCUT2D eigenvalue weighted by molar-refractivity contribution is 0.0980. The van der Waals surface area contributed by atoms with E-state index >= 15 is 0 Å². The lowest BCUT2D eigenvalue weighted by Crippen LogP contribution is -2.00. The number of carbonyl (C=O) groups is 1. The van der Waals surface area contributed by atoms with Crippen LogP contribution in [0.15, 0.2) is 53.0 Å². The van der Waals surface area contributed by atoms with Gasteiger partial charge in [-0.25, -0.2) is 4.39 Å². The van der Waals surface area contributed by atoms with Crippen molar-refractivity contribution in [2.45, 2.75) is 19.3 Å². The molecular weight excluding hydrogens is 307 g/mol. The highest BCUT2D eigenvalue weighted by molar-refractivity contribution is 9.10. The Labute approximate surface area is 120 Å². The molecule has 0 atom stereocenters. The van der Waals surface area contributed by atoms with Crippen molar-refractivity contribution in [2.24, 2.45) is 0 Å². The van der Waals surface area contributed by atoms with Gasteiger partial charge in [-0.2, -0.15) is 0 Å². The summed E-state index contributed by atoms with van der Waals surface area (Å²) in [6.07, 6.45) is 2.17. The predicted molar refractivity (Wildman–Crippen MR) is 77.8 cm³/mol. The molecule has 1 nitrogen and oxygen atoms in total. The molecule has 0 amide bonds. The number of halogens is 2. The lowest BCUT2D eigenvalue weighted by Gasteiger charge is -2.03. The fourth-order valence-corrected chi connectivity index (χ4v) is 2.29. The summed E-state index contributed by atoms with van der Waals surface area (Å²) in [6, 6.07) is 14.5. The normalized spacial score (nSPS) is 10.4. The highest BCUT2D eigenvalue weighted by atomic mass is 79.9. The molecule has 0 saturated heterocycles. The Balaban J connectivity index is 1.89. The summed E-state index contributed by atoms with van der Waals surface area (Å²) in [7, 11) is 0. The average molecular weight is 321 g/mol. The van der Waals surface area contributed by atoms with E-state index in [1.165, 1.54) is 17.7 Å².